The lowest BCUT2D eigenvalue weighted by Gasteiger charge is -2.25. The standard InChI is InChI=1S/C23H22N4O3.C2HF3O2/c28-22(27-9-7-24-8-10-27)14-30-17-5-6-20-16(11-17)13-21(25-20)18-12-15-3-1-2-4-19(15)26-23(18)29;3-2(4,5)1(6)7/h1-6,11-13,24-25H,7-10,14H2,(H,26,29);(H,6,7). The van der Waals surface area contributed by atoms with E-state index < -0.39 is 12.1 Å². The first-order valence-corrected chi connectivity index (χ1v) is 11.4. The van der Waals surface area contributed by atoms with Crippen molar-refractivity contribution in [1.29, 1.82) is 0 Å². The zero-order valence-electron chi connectivity index (χ0n) is 19.4. The van der Waals surface area contributed by atoms with Crippen molar-refractivity contribution in [2.24, 2.45) is 0 Å². The number of amides is 1. The fourth-order valence-electron chi connectivity index (χ4n) is 3.93. The summed E-state index contributed by atoms with van der Waals surface area (Å²) in [5.41, 5.74) is 2.91. The number of halogens is 3. The number of ether oxygens (including phenoxy) is 1. The summed E-state index contributed by atoms with van der Waals surface area (Å²) in [6.45, 7) is 3.45. The number of piperazine rings is 1. The molecule has 5 rings (SSSR count). The van der Waals surface area contributed by atoms with Crippen LogP contribution in [0.4, 0.5) is 13.2 Å². The third-order valence-electron chi connectivity index (χ3n) is 5.79. The zero-order chi connectivity index (χ0) is 26.6. The molecule has 12 heteroatoms. The van der Waals surface area contributed by atoms with E-state index in [-0.39, 0.29) is 18.1 Å². The quantitative estimate of drug-likeness (QED) is 0.368. The molecule has 37 heavy (non-hydrogen) atoms. The monoisotopic (exact) mass is 516 g/mol. The van der Waals surface area contributed by atoms with Crippen LogP contribution in [0.1, 0.15) is 0 Å². The van der Waals surface area contributed by atoms with E-state index in [0.29, 0.717) is 11.3 Å². The SMILES string of the molecule is O=C(COc1ccc2[nH]c(-c3cc4ccccc4[nH]c3=O)cc2c1)N1CC[NH2+]CC1.O=C([O-])C(F)(F)F. The number of carbonyl (C=O) groups excluding carboxylic acids is 2. The van der Waals surface area contributed by atoms with Crippen molar-refractivity contribution in [3.8, 4) is 17.0 Å². The lowest BCUT2D eigenvalue weighted by molar-refractivity contribution is -0.662. The minimum Gasteiger partial charge on any atom is -0.542 e. The normalized spacial score (nSPS) is 13.8. The fraction of sp³-hybridized carbons (Fsp3) is 0.240. The number of carboxylic acid groups (broad SMARTS) is 1. The second-order valence-electron chi connectivity index (χ2n) is 8.35. The van der Waals surface area contributed by atoms with Gasteiger partial charge in [-0.1, -0.05) is 18.2 Å². The molecule has 1 fully saturated rings. The van der Waals surface area contributed by atoms with Gasteiger partial charge in [0.2, 0.25) is 0 Å². The Hall–Kier alpha value is -4.32. The highest BCUT2D eigenvalue weighted by molar-refractivity contribution is 5.89. The molecular weight excluding hydrogens is 493 g/mol. The number of benzene rings is 2. The van der Waals surface area contributed by atoms with E-state index in [1.54, 1.807) is 0 Å². The molecule has 194 valence electrons. The Bertz CT molecular complexity index is 1490. The van der Waals surface area contributed by atoms with Gasteiger partial charge in [0.25, 0.3) is 11.5 Å². The molecule has 2 aromatic carbocycles. The molecule has 0 atom stereocenters. The number of aliphatic carboxylic acids is 1. The maximum absolute atomic E-state index is 12.6. The summed E-state index contributed by atoms with van der Waals surface area (Å²) in [7, 11) is 0. The Kier molecular flexibility index (Phi) is 7.48. The summed E-state index contributed by atoms with van der Waals surface area (Å²) in [6, 6.07) is 17.2. The molecule has 9 nitrogen and oxygen atoms in total. The lowest BCUT2D eigenvalue weighted by Crippen LogP contribution is -2.90. The van der Waals surface area contributed by atoms with Crippen molar-refractivity contribution in [2.75, 3.05) is 32.8 Å². The summed E-state index contributed by atoms with van der Waals surface area (Å²) >= 11 is 0. The maximum Gasteiger partial charge on any atom is 0.430 e. The lowest BCUT2D eigenvalue weighted by atomic mass is 10.1. The zero-order valence-corrected chi connectivity index (χ0v) is 19.4. The van der Waals surface area contributed by atoms with Crippen LogP contribution in [-0.2, 0) is 9.59 Å². The predicted octanol–water partition coefficient (Wildman–Crippen LogP) is 0.759. The first kappa shape index (κ1) is 25.8. The highest BCUT2D eigenvalue weighted by Crippen LogP contribution is 2.27. The fourth-order valence-corrected chi connectivity index (χ4v) is 3.93. The number of aromatic nitrogens is 2. The van der Waals surface area contributed by atoms with Gasteiger partial charge in [0.05, 0.1) is 37.4 Å². The summed E-state index contributed by atoms with van der Waals surface area (Å²) in [6.07, 6.45) is -5.19. The first-order chi connectivity index (χ1) is 17.6. The van der Waals surface area contributed by atoms with Gasteiger partial charge in [-0.05, 0) is 41.8 Å². The van der Waals surface area contributed by atoms with Crippen molar-refractivity contribution < 1.29 is 37.9 Å². The van der Waals surface area contributed by atoms with Gasteiger partial charge in [0.15, 0.2) is 6.61 Å². The van der Waals surface area contributed by atoms with E-state index in [4.69, 9.17) is 14.6 Å². The Morgan fingerprint density at radius 2 is 1.65 bits per heavy atom. The van der Waals surface area contributed by atoms with Gasteiger partial charge in [-0.2, -0.15) is 13.2 Å². The number of carbonyl (C=O) groups is 2. The average molecular weight is 516 g/mol. The minimum absolute atomic E-state index is 0.0145. The van der Waals surface area contributed by atoms with Gasteiger partial charge in [-0.3, -0.25) is 9.59 Å². The van der Waals surface area contributed by atoms with Gasteiger partial charge in [-0.25, -0.2) is 0 Å². The number of quaternary nitrogens is 1. The predicted molar refractivity (Wildman–Crippen MR) is 127 cm³/mol. The van der Waals surface area contributed by atoms with Crippen LogP contribution < -0.4 is 20.7 Å². The van der Waals surface area contributed by atoms with Crippen molar-refractivity contribution in [3.63, 3.8) is 0 Å². The number of nitrogens with two attached hydrogens (primary N) is 1. The maximum atomic E-state index is 12.6. The highest BCUT2D eigenvalue weighted by atomic mass is 19.4. The number of carboxylic acids is 1. The van der Waals surface area contributed by atoms with Gasteiger partial charge in [0.1, 0.15) is 11.7 Å². The number of rotatable bonds is 4. The van der Waals surface area contributed by atoms with Crippen molar-refractivity contribution in [2.45, 2.75) is 6.18 Å². The van der Waals surface area contributed by atoms with Crippen molar-refractivity contribution in [1.82, 2.24) is 14.9 Å². The van der Waals surface area contributed by atoms with Crippen molar-refractivity contribution >= 4 is 33.7 Å². The van der Waals surface area contributed by atoms with Gasteiger partial charge >= 0.3 is 6.18 Å². The highest BCUT2D eigenvalue weighted by Gasteiger charge is 2.28. The number of H-pyrrole nitrogens is 2. The summed E-state index contributed by atoms with van der Waals surface area (Å²) in [5, 5.41) is 12.9. The molecule has 3 heterocycles. The van der Waals surface area contributed by atoms with Crippen LogP contribution in [-0.4, -0.2) is 65.7 Å². The molecule has 1 aliphatic heterocycles. The average Bonchev–Trinajstić information content (AvgIpc) is 3.30. The Morgan fingerprint density at radius 1 is 0.973 bits per heavy atom. The van der Waals surface area contributed by atoms with E-state index in [2.05, 4.69) is 15.3 Å². The topological polar surface area (TPSA) is 135 Å². The Morgan fingerprint density at radius 3 is 2.35 bits per heavy atom. The molecule has 4 N–H and O–H groups in total. The second-order valence-corrected chi connectivity index (χ2v) is 8.35. The van der Waals surface area contributed by atoms with E-state index in [0.717, 1.165) is 53.7 Å². The summed E-state index contributed by atoms with van der Waals surface area (Å²) in [5.74, 6) is -2.36. The molecule has 1 aliphatic rings. The molecule has 4 aromatic rings. The van der Waals surface area contributed by atoms with E-state index >= 15 is 0 Å². The smallest absolute Gasteiger partial charge is 0.430 e. The number of para-hydroxylation sites is 1. The Balaban J connectivity index is 0.000000405. The second kappa shape index (κ2) is 10.7. The molecule has 0 saturated carbocycles. The number of pyridine rings is 1. The third-order valence-corrected chi connectivity index (χ3v) is 5.79. The number of hydrogen-bond acceptors (Lipinski definition) is 5. The van der Waals surface area contributed by atoms with Crippen LogP contribution in [0.2, 0.25) is 0 Å². The number of aromatic amines is 2. The molecular formula is C25H23F3N4O5. The Labute approximate surface area is 207 Å². The molecule has 0 bridgehead atoms. The molecule has 0 unspecified atom stereocenters. The third kappa shape index (κ3) is 6.28. The first-order valence-electron chi connectivity index (χ1n) is 11.4. The molecule has 0 spiro atoms. The molecule has 0 radical (unpaired) electrons. The number of fused-ring (bicyclic) bond motifs is 2. The minimum atomic E-state index is -5.19. The van der Waals surface area contributed by atoms with Crippen LogP contribution >= 0.6 is 0 Å². The summed E-state index contributed by atoms with van der Waals surface area (Å²) in [4.78, 5) is 41.7. The molecule has 0 aliphatic carbocycles. The number of alkyl halides is 3. The van der Waals surface area contributed by atoms with Crippen LogP contribution in [0.5, 0.6) is 5.75 Å². The van der Waals surface area contributed by atoms with E-state index in [9.17, 15) is 22.8 Å². The molecule has 1 saturated heterocycles. The van der Waals surface area contributed by atoms with E-state index in [1.165, 1.54) is 0 Å². The number of nitrogens with one attached hydrogen (secondary N) is 2. The number of nitrogens with zero attached hydrogens (tertiary/aromatic N) is 1. The van der Waals surface area contributed by atoms with Crippen LogP contribution in [0, 0.1) is 0 Å². The van der Waals surface area contributed by atoms with Crippen LogP contribution in [0.3, 0.4) is 0 Å². The van der Waals surface area contributed by atoms with E-state index in [1.807, 2.05) is 59.5 Å². The number of hydrogen-bond donors (Lipinski definition) is 3. The van der Waals surface area contributed by atoms with Gasteiger partial charge in [0, 0.05) is 16.4 Å². The molecule has 1 amide bonds. The molecule has 2 aromatic heterocycles. The van der Waals surface area contributed by atoms with Crippen molar-refractivity contribution in [3.05, 3.63) is 65.0 Å². The van der Waals surface area contributed by atoms with Crippen LogP contribution in [0.25, 0.3) is 33.1 Å². The van der Waals surface area contributed by atoms with Gasteiger partial charge in [-0.15, -0.1) is 0 Å². The van der Waals surface area contributed by atoms with Gasteiger partial charge < -0.3 is 34.8 Å². The van der Waals surface area contributed by atoms with Crippen LogP contribution in [0.15, 0.2) is 59.4 Å². The summed E-state index contributed by atoms with van der Waals surface area (Å²) < 4.78 is 37.3. The largest absolute Gasteiger partial charge is 0.542 e.